The Bertz CT molecular complexity index is 1140. The third-order valence-electron chi connectivity index (χ3n) is 5.71. The van der Waals surface area contributed by atoms with Gasteiger partial charge in [-0.1, -0.05) is 43.7 Å². The van der Waals surface area contributed by atoms with Gasteiger partial charge < -0.3 is 5.32 Å². The number of aryl methyl sites for hydroxylation is 1. The average molecular weight is 437 g/mol. The van der Waals surface area contributed by atoms with Gasteiger partial charge in [-0.2, -0.15) is 0 Å². The number of amides is 3. The standard InChI is InChI=1S/C23H24N4O3S/c1-4-10-23(17-8-6-5-7-9-17)20(29)26(21(30)25-23)14-19(28)18-13-15(2)27(16(18)3)22-24-11-12-31-22/h5-9,11-13H,4,10,14H2,1-3H3,(H,25,30)/t23-/m0/s1. The molecule has 8 heteroatoms. The zero-order valence-electron chi connectivity index (χ0n) is 17.7. The first-order valence-corrected chi connectivity index (χ1v) is 11.1. The third-order valence-corrected chi connectivity index (χ3v) is 6.47. The van der Waals surface area contributed by atoms with Crippen LogP contribution in [0.15, 0.2) is 48.0 Å². The van der Waals surface area contributed by atoms with Crippen molar-refractivity contribution in [3.63, 3.8) is 0 Å². The number of hydrogen-bond donors (Lipinski definition) is 1. The number of ketones is 1. The minimum Gasteiger partial charge on any atom is -0.319 e. The zero-order chi connectivity index (χ0) is 22.2. The molecule has 7 nitrogen and oxygen atoms in total. The number of Topliss-reactive ketones (excluding diaryl/α,β-unsaturated/α-hetero) is 1. The minimum atomic E-state index is -1.13. The molecule has 1 aliphatic rings. The van der Waals surface area contributed by atoms with Crippen LogP contribution in [0.25, 0.3) is 5.13 Å². The first kappa shape index (κ1) is 21.0. The minimum absolute atomic E-state index is 0.278. The van der Waals surface area contributed by atoms with Gasteiger partial charge in [-0.15, -0.1) is 11.3 Å². The molecule has 1 saturated heterocycles. The molecule has 0 aliphatic carbocycles. The highest BCUT2D eigenvalue weighted by Crippen LogP contribution is 2.34. The van der Waals surface area contributed by atoms with E-state index in [0.29, 0.717) is 18.4 Å². The lowest BCUT2D eigenvalue weighted by Crippen LogP contribution is -2.44. The van der Waals surface area contributed by atoms with Gasteiger partial charge in [0.05, 0.1) is 6.54 Å². The summed E-state index contributed by atoms with van der Waals surface area (Å²) in [4.78, 5) is 44.7. The highest BCUT2D eigenvalue weighted by molar-refractivity contribution is 7.12. The van der Waals surface area contributed by atoms with Gasteiger partial charge in [0, 0.05) is 28.5 Å². The van der Waals surface area contributed by atoms with Crippen LogP contribution in [-0.2, 0) is 10.3 Å². The van der Waals surface area contributed by atoms with E-state index >= 15 is 0 Å². The lowest BCUT2D eigenvalue weighted by molar-refractivity contribution is -0.131. The summed E-state index contributed by atoms with van der Waals surface area (Å²) in [6.07, 6.45) is 2.88. The molecule has 0 radical (unpaired) electrons. The molecule has 0 spiro atoms. The maximum absolute atomic E-state index is 13.4. The van der Waals surface area contributed by atoms with Crippen molar-refractivity contribution in [2.75, 3.05) is 6.54 Å². The Balaban J connectivity index is 1.63. The Kier molecular flexibility index (Phi) is 5.49. The zero-order valence-corrected chi connectivity index (χ0v) is 18.5. The molecule has 3 aromatic rings. The average Bonchev–Trinajstić information content (AvgIpc) is 3.44. The molecule has 1 aliphatic heterocycles. The van der Waals surface area contributed by atoms with Gasteiger partial charge in [0.15, 0.2) is 10.9 Å². The van der Waals surface area contributed by atoms with Crippen LogP contribution < -0.4 is 5.32 Å². The monoisotopic (exact) mass is 436 g/mol. The van der Waals surface area contributed by atoms with E-state index in [-0.39, 0.29) is 18.2 Å². The molecule has 160 valence electrons. The van der Waals surface area contributed by atoms with Gasteiger partial charge in [-0.05, 0) is 31.9 Å². The van der Waals surface area contributed by atoms with Crippen molar-refractivity contribution in [1.29, 1.82) is 0 Å². The second-order valence-corrected chi connectivity index (χ2v) is 8.57. The van der Waals surface area contributed by atoms with Crippen LogP contribution in [0, 0.1) is 13.8 Å². The van der Waals surface area contributed by atoms with E-state index in [1.165, 1.54) is 11.3 Å². The molecular formula is C23H24N4O3S. The molecule has 3 amide bonds. The van der Waals surface area contributed by atoms with Crippen molar-refractivity contribution in [2.45, 2.75) is 39.2 Å². The van der Waals surface area contributed by atoms with E-state index in [2.05, 4.69) is 10.3 Å². The number of benzene rings is 1. The van der Waals surface area contributed by atoms with Crippen molar-refractivity contribution >= 4 is 29.1 Å². The second kappa shape index (κ2) is 8.11. The molecule has 0 unspecified atom stereocenters. The molecule has 4 rings (SSSR count). The van der Waals surface area contributed by atoms with Crippen molar-refractivity contribution in [2.24, 2.45) is 0 Å². The van der Waals surface area contributed by atoms with Gasteiger partial charge in [0.2, 0.25) is 0 Å². The van der Waals surface area contributed by atoms with E-state index in [1.807, 2.05) is 61.1 Å². The number of rotatable bonds is 7. The van der Waals surface area contributed by atoms with Gasteiger partial charge in [-0.25, -0.2) is 9.78 Å². The van der Waals surface area contributed by atoms with Gasteiger partial charge in [0.1, 0.15) is 5.54 Å². The van der Waals surface area contributed by atoms with Crippen LogP contribution in [0.3, 0.4) is 0 Å². The summed E-state index contributed by atoms with van der Waals surface area (Å²) < 4.78 is 1.91. The summed E-state index contributed by atoms with van der Waals surface area (Å²) in [5, 5.41) is 5.51. The number of thiazole rings is 1. The van der Waals surface area contributed by atoms with E-state index in [1.54, 1.807) is 12.3 Å². The molecule has 3 heterocycles. The second-order valence-electron chi connectivity index (χ2n) is 7.70. The predicted octanol–water partition coefficient (Wildman–Crippen LogP) is 3.98. The number of nitrogens with one attached hydrogen (secondary N) is 1. The highest BCUT2D eigenvalue weighted by Gasteiger charge is 2.52. The normalized spacial score (nSPS) is 18.5. The van der Waals surface area contributed by atoms with Gasteiger partial charge in [-0.3, -0.25) is 19.1 Å². The lowest BCUT2D eigenvalue weighted by atomic mass is 9.85. The molecule has 31 heavy (non-hydrogen) atoms. The van der Waals surface area contributed by atoms with Crippen LogP contribution in [0.4, 0.5) is 4.79 Å². The van der Waals surface area contributed by atoms with Crippen LogP contribution >= 0.6 is 11.3 Å². The number of hydrogen-bond acceptors (Lipinski definition) is 5. The quantitative estimate of drug-likeness (QED) is 0.448. The van der Waals surface area contributed by atoms with Crippen LogP contribution in [0.1, 0.15) is 47.1 Å². The molecule has 1 aromatic carbocycles. The summed E-state index contributed by atoms with van der Waals surface area (Å²) >= 11 is 1.48. The summed E-state index contributed by atoms with van der Waals surface area (Å²) in [6, 6.07) is 10.5. The van der Waals surface area contributed by atoms with E-state index < -0.39 is 11.6 Å². The summed E-state index contributed by atoms with van der Waals surface area (Å²) in [5.74, 6) is -0.660. The highest BCUT2D eigenvalue weighted by atomic mass is 32.1. The Hall–Kier alpha value is -3.26. The Morgan fingerprint density at radius 3 is 2.58 bits per heavy atom. The number of carbonyl (C=O) groups is 3. The molecule has 2 aromatic heterocycles. The van der Waals surface area contributed by atoms with E-state index in [4.69, 9.17) is 0 Å². The lowest BCUT2D eigenvalue weighted by Gasteiger charge is -2.26. The van der Waals surface area contributed by atoms with E-state index in [0.717, 1.165) is 27.0 Å². The summed E-state index contributed by atoms with van der Waals surface area (Å²) in [6.45, 7) is 5.41. The fourth-order valence-corrected chi connectivity index (χ4v) is 5.02. The molecule has 1 N–H and O–H groups in total. The fourth-order valence-electron chi connectivity index (χ4n) is 4.27. The number of imide groups is 1. The SMILES string of the molecule is CCC[C@@]1(c2ccccc2)NC(=O)N(CC(=O)c2cc(C)n(-c3nccs3)c2C)C1=O. The molecule has 0 bridgehead atoms. The molecular weight excluding hydrogens is 412 g/mol. The van der Waals surface area contributed by atoms with Crippen molar-refractivity contribution < 1.29 is 14.4 Å². The largest absolute Gasteiger partial charge is 0.325 e. The first-order chi connectivity index (χ1) is 14.9. The van der Waals surface area contributed by atoms with Crippen molar-refractivity contribution in [1.82, 2.24) is 19.8 Å². The maximum Gasteiger partial charge on any atom is 0.325 e. The van der Waals surface area contributed by atoms with Crippen LogP contribution in [0.2, 0.25) is 0 Å². The Morgan fingerprint density at radius 2 is 1.94 bits per heavy atom. The predicted molar refractivity (Wildman–Crippen MR) is 119 cm³/mol. The van der Waals surface area contributed by atoms with Crippen molar-refractivity contribution in [3.8, 4) is 5.13 Å². The fraction of sp³-hybridized carbons (Fsp3) is 0.304. The van der Waals surface area contributed by atoms with Crippen LogP contribution in [-0.4, -0.2) is 38.7 Å². The van der Waals surface area contributed by atoms with E-state index in [9.17, 15) is 14.4 Å². The number of carbonyl (C=O) groups excluding carboxylic acids is 3. The number of aromatic nitrogens is 2. The number of nitrogens with zero attached hydrogens (tertiary/aromatic N) is 3. The van der Waals surface area contributed by atoms with Gasteiger partial charge >= 0.3 is 6.03 Å². The maximum atomic E-state index is 13.4. The van der Waals surface area contributed by atoms with Gasteiger partial charge in [0.25, 0.3) is 5.91 Å². The third kappa shape index (κ3) is 3.46. The summed E-state index contributed by atoms with van der Waals surface area (Å²) in [7, 11) is 0. The first-order valence-electron chi connectivity index (χ1n) is 10.2. The smallest absolute Gasteiger partial charge is 0.319 e. The Morgan fingerprint density at radius 1 is 1.19 bits per heavy atom. The van der Waals surface area contributed by atoms with Crippen molar-refractivity contribution in [3.05, 3.63) is 70.5 Å². The molecule has 1 fully saturated rings. The van der Waals surface area contributed by atoms with Crippen LogP contribution in [0.5, 0.6) is 0 Å². The molecule has 1 atom stereocenters. The number of urea groups is 1. The Labute approximate surface area is 184 Å². The summed E-state index contributed by atoms with van der Waals surface area (Å²) in [5.41, 5.74) is 1.70. The topological polar surface area (TPSA) is 84.3 Å². The molecule has 0 saturated carbocycles.